The molecule has 3 aromatic carbocycles. The van der Waals surface area contributed by atoms with Crippen LogP contribution < -0.4 is 10.1 Å². The number of rotatable bonds is 6. The van der Waals surface area contributed by atoms with Crippen LogP contribution in [-0.2, 0) is 13.0 Å². The van der Waals surface area contributed by atoms with Gasteiger partial charge in [-0.25, -0.2) is 0 Å². The van der Waals surface area contributed by atoms with Gasteiger partial charge in [0, 0.05) is 11.3 Å². The van der Waals surface area contributed by atoms with Crippen molar-refractivity contribution < 1.29 is 9.53 Å². The zero-order valence-electron chi connectivity index (χ0n) is 15.1. The minimum Gasteiger partial charge on any atom is -0.489 e. The average molecular weight is 356 g/mol. The highest BCUT2D eigenvalue weighted by molar-refractivity contribution is 6.04. The Hall–Kier alpha value is -3.58. The van der Waals surface area contributed by atoms with E-state index in [1.54, 1.807) is 30.3 Å². The summed E-state index contributed by atoms with van der Waals surface area (Å²) < 4.78 is 5.82. The number of carbonyl (C=O) groups is 1. The molecule has 0 aromatic heterocycles. The number of amides is 1. The first-order valence-electron chi connectivity index (χ1n) is 8.70. The lowest BCUT2D eigenvalue weighted by atomic mass is 10.1. The Balaban J connectivity index is 1.63. The van der Waals surface area contributed by atoms with Gasteiger partial charge in [0.05, 0.1) is 12.5 Å². The summed E-state index contributed by atoms with van der Waals surface area (Å²) in [6, 6.07) is 24.6. The number of aryl methyl sites for hydroxylation is 1. The van der Waals surface area contributed by atoms with Gasteiger partial charge in [0.2, 0.25) is 0 Å². The molecule has 134 valence electrons. The van der Waals surface area contributed by atoms with Crippen LogP contribution in [-0.4, -0.2) is 5.91 Å². The summed E-state index contributed by atoms with van der Waals surface area (Å²) in [5.41, 5.74) is 4.40. The molecule has 0 bridgehead atoms. The third-order valence-corrected chi connectivity index (χ3v) is 4.08. The predicted octanol–water partition coefficient (Wildman–Crippen LogP) is 4.89. The van der Waals surface area contributed by atoms with E-state index in [4.69, 9.17) is 10.00 Å². The summed E-state index contributed by atoms with van der Waals surface area (Å²) in [5, 5.41) is 11.6. The van der Waals surface area contributed by atoms with Crippen molar-refractivity contribution in [1.29, 1.82) is 5.26 Å². The molecule has 1 amide bonds. The van der Waals surface area contributed by atoms with Gasteiger partial charge in [0.15, 0.2) is 0 Å². The highest BCUT2D eigenvalue weighted by atomic mass is 16.5. The van der Waals surface area contributed by atoms with Crippen LogP contribution in [0.5, 0.6) is 5.75 Å². The van der Waals surface area contributed by atoms with E-state index in [9.17, 15) is 4.79 Å². The third kappa shape index (κ3) is 5.20. The molecule has 27 heavy (non-hydrogen) atoms. The van der Waals surface area contributed by atoms with E-state index in [1.165, 1.54) is 5.56 Å². The first kappa shape index (κ1) is 18.2. The van der Waals surface area contributed by atoms with Gasteiger partial charge in [-0.15, -0.1) is 0 Å². The Morgan fingerprint density at radius 3 is 2.52 bits per heavy atom. The van der Waals surface area contributed by atoms with Crippen LogP contribution in [0.3, 0.4) is 0 Å². The third-order valence-electron chi connectivity index (χ3n) is 4.08. The molecule has 0 aliphatic carbocycles. The lowest BCUT2D eigenvalue weighted by molar-refractivity contribution is 0.102. The van der Waals surface area contributed by atoms with Crippen LogP contribution in [0.2, 0.25) is 0 Å². The number of nitriles is 1. The Bertz CT molecular complexity index is 972. The van der Waals surface area contributed by atoms with E-state index >= 15 is 0 Å². The van der Waals surface area contributed by atoms with Crippen LogP contribution in [0, 0.1) is 18.3 Å². The number of carbonyl (C=O) groups excluding carboxylic acids is 1. The quantitative estimate of drug-likeness (QED) is 0.684. The first-order valence-corrected chi connectivity index (χ1v) is 8.70. The van der Waals surface area contributed by atoms with Gasteiger partial charge >= 0.3 is 0 Å². The van der Waals surface area contributed by atoms with Crippen molar-refractivity contribution in [2.75, 3.05) is 5.32 Å². The second-order valence-electron chi connectivity index (χ2n) is 6.29. The minimum absolute atomic E-state index is 0.205. The van der Waals surface area contributed by atoms with Crippen LogP contribution in [0.4, 0.5) is 5.69 Å². The van der Waals surface area contributed by atoms with Crippen molar-refractivity contribution in [2.45, 2.75) is 20.0 Å². The highest BCUT2D eigenvalue weighted by Crippen LogP contribution is 2.18. The largest absolute Gasteiger partial charge is 0.489 e. The number of nitrogens with zero attached hydrogens (tertiary/aromatic N) is 1. The molecule has 3 aromatic rings. The molecule has 0 fully saturated rings. The van der Waals surface area contributed by atoms with E-state index in [0.717, 1.165) is 11.1 Å². The second-order valence-corrected chi connectivity index (χ2v) is 6.29. The predicted molar refractivity (Wildman–Crippen MR) is 106 cm³/mol. The molecule has 0 radical (unpaired) electrons. The molecule has 0 saturated carbocycles. The van der Waals surface area contributed by atoms with Gasteiger partial charge in [-0.2, -0.15) is 5.26 Å². The Morgan fingerprint density at radius 1 is 1.00 bits per heavy atom. The van der Waals surface area contributed by atoms with Crippen LogP contribution in [0.25, 0.3) is 0 Å². The second kappa shape index (κ2) is 8.68. The van der Waals surface area contributed by atoms with E-state index in [1.807, 2.05) is 43.3 Å². The molecule has 1 N–H and O–H groups in total. The van der Waals surface area contributed by atoms with Crippen LogP contribution in [0.15, 0.2) is 72.8 Å². The maximum atomic E-state index is 12.5. The topological polar surface area (TPSA) is 62.1 Å². The van der Waals surface area contributed by atoms with Crippen molar-refractivity contribution >= 4 is 11.6 Å². The van der Waals surface area contributed by atoms with Crippen molar-refractivity contribution in [3.05, 3.63) is 95.1 Å². The number of benzene rings is 3. The normalized spacial score (nSPS) is 10.1. The molecular weight excluding hydrogens is 336 g/mol. The minimum atomic E-state index is -0.205. The van der Waals surface area contributed by atoms with Gasteiger partial charge in [-0.05, 0) is 48.4 Å². The highest BCUT2D eigenvalue weighted by Gasteiger charge is 2.08. The summed E-state index contributed by atoms with van der Waals surface area (Å²) in [6.07, 6.45) is 0.356. The molecule has 0 heterocycles. The van der Waals surface area contributed by atoms with E-state index in [-0.39, 0.29) is 5.91 Å². The van der Waals surface area contributed by atoms with Crippen molar-refractivity contribution in [1.82, 2.24) is 0 Å². The Kier molecular flexibility index (Phi) is 5.86. The fourth-order valence-electron chi connectivity index (χ4n) is 2.70. The summed E-state index contributed by atoms with van der Waals surface area (Å²) in [6.45, 7) is 2.49. The lowest BCUT2D eigenvalue weighted by Crippen LogP contribution is -2.12. The molecule has 4 nitrogen and oxygen atoms in total. The average Bonchev–Trinajstić information content (AvgIpc) is 2.68. The molecule has 0 atom stereocenters. The Morgan fingerprint density at radius 2 is 1.78 bits per heavy atom. The molecule has 3 rings (SSSR count). The lowest BCUT2D eigenvalue weighted by Gasteiger charge is -2.09. The standard InChI is InChI=1S/C23H20N2O2/c1-17-4-2-5-19(14-17)16-27-22-7-3-6-20(15-22)23(26)25-21-10-8-18(9-11-21)12-13-24/h2-11,14-15H,12,16H2,1H3,(H,25,26). The van der Waals surface area contributed by atoms with Gasteiger partial charge in [0.25, 0.3) is 5.91 Å². The number of ether oxygens (including phenoxy) is 1. The monoisotopic (exact) mass is 356 g/mol. The molecule has 0 unspecified atom stereocenters. The molecule has 0 saturated heterocycles. The summed E-state index contributed by atoms with van der Waals surface area (Å²) in [4.78, 5) is 12.5. The summed E-state index contributed by atoms with van der Waals surface area (Å²) >= 11 is 0. The van der Waals surface area contributed by atoms with E-state index in [0.29, 0.717) is 30.0 Å². The van der Waals surface area contributed by atoms with E-state index in [2.05, 4.69) is 17.5 Å². The van der Waals surface area contributed by atoms with Crippen LogP contribution in [0.1, 0.15) is 27.0 Å². The zero-order valence-corrected chi connectivity index (χ0v) is 15.1. The maximum Gasteiger partial charge on any atom is 0.255 e. The van der Waals surface area contributed by atoms with Gasteiger partial charge in [0.1, 0.15) is 12.4 Å². The molecule has 0 spiro atoms. The van der Waals surface area contributed by atoms with Gasteiger partial charge < -0.3 is 10.1 Å². The molecule has 0 aliphatic heterocycles. The first-order chi connectivity index (χ1) is 13.1. The SMILES string of the molecule is Cc1cccc(COc2cccc(C(=O)Nc3ccc(CC#N)cc3)c2)c1. The van der Waals surface area contributed by atoms with Crippen molar-refractivity contribution in [3.63, 3.8) is 0 Å². The Labute approximate surface area is 159 Å². The van der Waals surface area contributed by atoms with Gasteiger partial charge in [-0.1, -0.05) is 48.0 Å². The smallest absolute Gasteiger partial charge is 0.255 e. The van der Waals surface area contributed by atoms with E-state index < -0.39 is 0 Å². The number of anilines is 1. The number of hydrogen-bond donors (Lipinski definition) is 1. The zero-order chi connectivity index (χ0) is 19.1. The van der Waals surface area contributed by atoms with Crippen molar-refractivity contribution in [2.24, 2.45) is 0 Å². The fraction of sp³-hybridized carbons (Fsp3) is 0.130. The summed E-state index contributed by atoms with van der Waals surface area (Å²) in [7, 11) is 0. The maximum absolute atomic E-state index is 12.5. The van der Waals surface area contributed by atoms with Gasteiger partial charge in [-0.3, -0.25) is 4.79 Å². The molecule has 4 heteroatoms. The number of nitrogens with one attached hydrogen (secondary N) is 1. The van der Waals surface area contributed by atoms with Crippen LogP contribution >= 0.6 is 0 Å². The molecule has 0 aliphatic rings. The fourth-order valence-corrected chi connectivity index (χ4v) is 2.70. The number of hydrogen-bond acceptors (Lipinski definition) is 3. The molecular formula is C23H20N2O2. The summed E-state index contributed by atoms with van der Waals surface area (Å²) in [5.74, 6) is 0.442. The van der Waals surface area contributed by atoms with Crippen molar-refractivity contribution in [3.8, 4) is 11.8 Å².